The fourth-order valence-electron chi connectivity index (χ4n) is 1.17. The van der Waals surface area contributed by atoms with Crippen LogP contribution in [0, 0.1) is 0 Å². The maximum absolute atomic E-state index is 11.0. The van der Waals surface area contributed by atoms with E-state index >= 15 is 0 Å². The smallest absolute Gasteiger partial charge is 0.148 e. The molecule has 86 valence electrons. The third-order valence-corrected chi connectivity index (χ3v) is 3.25. The van der Waals surface area contributed by atoms with Crippen LogP contribution in [0.2, 0.25) is 0 Å². The molecule has 5 heteroatoms. The summed E-state index contributed by atoms with van der Waals surface area (Å²) in [5.74, 6) is 0.857. The van der Waals surface area contributed by atoms with E-state index in [0.717, 1.165) is 13.0 Å². The summed E-state index contributed by atoms with van der Waals surface area (Å²) < 4.78 is 22.0. The summed E-state index contributed by atoms with van der Waals surface area (Å²) >= 11 is 5.60. The number of alkyl halides is 1. The number of hydrogen-bond acceptors (Lipinski definition) is 3. The summed E-state index contributed by atoms with van der Waals surface area (Å²) in [6.07, 6.45) is 2.18. The van der Waals surface area contributed by atoms with Crippen LogP contribution in [0.1, 0.15) is 20.3 Å². The summed E-state index contributed by atoms with van der Waals surface area (Å²) in [7, 11) is -2.85. The van der Waals surface area contributed by atoms with Crippen molar-refractivity contribution in [2.75, 3.05) is 31.0 Å². The van der Waals surface area contributed by atoms with Gasteiger partial charge in [0.2, 0.25) is 0 Å². The van der Waals surface area contributed by atoms with Gasteiger partial charge in [-0.3, -0.25) is 4.90 Å². The number of halogens is 1. The van der Waals surface area contributed by atoms with E-state index in [0.29, 0.717) is 18.5 Å². The topological polar surface area (TPSA) is 37.4 Å². The Kier molecular flexibility index (Phi) is 6.74. The summed E-state index contributed by atoms with van der Waals surface area (Å²) in [5, 5.41) is 0. The largest absolute Gasteiger partial charge is 0.300 e. The van der Waals surface area contributed by atoms with Crippen LogP contribution in [-0.2, 0) is 9.84 Å². The Morgan fingerprint density at radius 2 is 1.86 bits per heavy atom. The number of nitrogens with zero attached hydrogens (tertiary/aromatic N) is 1. The van der Waals surface area contributed by atoms with Crippen LogP contribution in [0.5, 0.6) is 0 Å². The lowest BCUT2D eigenvalue weighted by Gasteiger charge is -2.25. The van der Waals surface area contributed by atoms with Gasteiger partial charge in [-0.15, -0.1) is 11.6 Å². The van der Waals surface area contributed by atoms with Gasteiger partial charge in [-0.1, -0.05) is 0 Å². The Morgan fingerprint density at radius 1 is 1.29 bits per heavy atom. The third kappa shape index (κ3) is 7.59. The second-order valence-corrected chi connectivity index (χ2v) is 6.44. The normalized spacial score (nSPS) is 12.7. The van der Waals surface area contributed by atoms with E-state index in [4.69, 9.17) is 11.6 Å². The molecule has 0 unspecified atom stereocenters. The van der Waals surface area contributed by atoms with Crippen LogP contribution in [0.25, 0.3) is 0 Å². The maximum atomic E-state index is 11.0. The molecule has 0 spiro atoms. The van der Waals surface area contributed by atoms with E-state index in [1.165, 1.54) is 6.26 Å². The van der Waals surface area contributed by atoms with Gasteiger partial charge >= 0.3 is 0 Å². The van der Waals surface area contributed by atoms with Crippen molar-refractivity contribution in [3.05, 3.63) is 0 Å². The van der Waals surface area contributed by atoms with Crippen molar-refractivity contribution >= 4 is 21.4 Å². The van der Waals surface area contributed by atoms with Gasteiger partial charge in [0.1, 0.15) is 9.84 Å². The minimum atomic E-state index is -2.85. The minimum Gasteiger partial charge on any atom is -0.300 e. The van der Waals surface area contributed by atoms with Crippen molar-refractivity contribution in [2.24, 2.45) is 0 Å². The quantitative estimate of drug-likeness (QED) is 0.632. The Morgan fingerprint density at radius 3 is 2.21 bits per heavy atom. The minimum absolute atomic E-state index is 0.230. The van der Waals surface area contributed by atoms with Crippen LogP contribution >= 0.6 is 11.6 Å². The molecular weight excluding hydrogens is 222 g/mol. The van der Waals surface area contributed by atoms with E-state index in [1.54, 1.807) is 0 Å². The van der Waals surface area contributed by atoms with Gasteiger partial charge in [-0.25, -0.2) is 8.42 Å². The predicted molar refractivity (Wildman–Crippen MR) is 61.8 cm³/mol. The Hall–Kier alpha value is 0.200. The van der Waals surface area contributed by atoms with Gasteiger partial charge in [0, 0.05) is 24.7 Å². The summed E-state index contributed by atoms with van der Waals surface area (Å²) in [5.41, 5.74) is 0. The van der Waals surface area contributed by atoms with Gasteiger partial charge in [0.25, 0.3) is 0 Å². The first-order valence-corrected chi connectivity index (χ1v) is 7.44. The van der Waals surface area contributed by atoms with Gasteiger partial charge < -0.3 is 0 Å². The lowest BCUT2D eigenvalue weighted by molar-refractivity contribution is 0.236. The Bertz CT molecular complexity index is 239. The molecule has 0 fully saturated rings. The number of rotatable bonds is 7. The highest BCUT2D eigenvalue weighted by molar-refractivity contribution is 7.90. The summed E-state index contributed by atoms with van der Waals surface area (Å²) in [6, 6.07) is 0.375. The lowest BCUT2D eigenvalue weighted by atomic mass is 10.3. The monoisotopic (exact) mass is 241 g/mol. The van der Waals surface area contributed by atoms with Crippen LogP contribution in [0.3, 0.4) is 0 Å². The maximum Gasteiger partial charge on any atom is 0.148 e. The fourth-order valence-corrected chi connectivity index (χ4v) is 1.86. The molecule has 0 bridgehead atoms. The van der Waals surface area contributed by atoms with E-state index in [-0.39, 0.29) is 5.75 Å². The van der Waals surface area contributed by atoms with E-state index < -0.39 is 9.84 Å². The second-order valence-electron chi connectivity index (χ2n) is 3.80. The van der Waals surface area contributed by atoms with E-state index in [1.807, 2.05) is 0 Å². The molecule has 0 N–H and O–H groups in total. The molecule has 0 aromatic carbocycles. The predicted octanol–water partition coefficient (Wildman–Crippen LogP) is 1.37. The van der Waals surface area contributed by atoms with Gasteiger partial charge in [0.15, 0.2) is 0 Å². The Labute approximate surface area is 92.3 Å². The van der Waals surface area contributed by atoms with Crippen LogP contribution < -0.4 is 0 Å². The zero-order chi connectivity index (χ0) is 11.2. The van der Waals surface area contributed by atoms with Crippen molar-refractivity contribution in [3.63, 3.8) is 0 Å². The average molecular weight is 242 g/mol. The van der Waals surface area contributed by atoms with E-state index in [9.17, 15) is 8.42 Å². The van der Waals surface area contributed by atoms with Crippen molar-refractivity contribution in [2.45, 2.75) is 26.3 Å². The molecule has 0 aromatic rings. The number of hydrogen-bond donors (Lipinski definition) is 0. The van der Waals surface area contributed by atoms with Gasteiger partial charge in [-0.2, -0.15) is 0 Å². The molecule has 0 aliphatic carbocycles. The molecule has 0 aliphatic rings. The average Bonchev–Trinajstić information content (AvgIpc) is 2.01. The first kappa shape index (κ1) is 14.2. The van der Waals surface area contributed by atoms with Crippen LogP contribution in [0.15, 0.2) is 0 Å². The molecule has 0 radical (unpaired) electrons. The lowest BCUT2D eigenvalue weighted by Crippen LogP contribution is -2.35. The van der Waals surface area contributed by atoms with Crippen molar-refractivity contribution in [1.29, 1.82) is 0 Å². The van der Waals surface area contributed by atoms with E-state index in [2.05, 4.69) is 18.7 Å². The number of sulfone groups is 1. The molecule has 0 aromatic heterocycles. The highest BCUT2D eigenvalue weighted by Crippen LogP contribution is 2.01. The molecule has 3 nitrogen and oxygen atoms in total. The third-order valence-electron chi connectivity index (χ3n) is 2.06. The highest BCUT2D eigenvalue weighted by Gasteiger charge is 2.11. The van der Waals surface area contributed by atoms with Crippen LogP contribution in [0.4, 0.5) is 0 Å². The van der Waals surface area contributed by atoms with Gasteiger partial charge in [0.05, 0.1) is 5.75 Å². The molecule has 0 saturated carbocycles. The Balaban J connectivity index is 3.97. The van der Waals surface area contributed by atoms with Crippen LogP contribution in [-0.4, -0.2) is 50.3 Å². The van der Waals surface area contributed by atoms with Crippen molar-refractivity contribution in [3.8, 4) is 0 Å². The fraction of sp³-hybridized carbons (Fsp3) is 1.00. The van der Waals surface area contributed by atoms with Crippen molar-refractivity contribution in [1.82, 2.24) is 4.90 Å². The molecule has 0 atom stereocenters. The molecule has 0 heterocycles. The highest BCUT2D eigenvalue weighted by atomic mass is 35.5. The first-order chi connectivity index (χ1) is 6.37. The molecule has 0 rings (SSSR count). The zero-order valence-electron chi connectivity index (χ0n) is 9.16. The molecule has 0 saturated heterocycles. The first-order valence-electron chi connectivity index (χ1n) is 4.84. The molecule has 0 aliphatic heterocycles. The van der Waals surface area contributed by atoms with Crippen molar-refractivity contribution < 1.29 is 8.42 Å². The van der Waals surface area contributed by atoms with Gasteiger partial charge in [-0.05, 0) is 26.8 Å². The standard InChI is InChI=1S/C9H20ClNO2S/c1-9(2)11(6-4-5-10)7-8-14(3,12)13/h9H,4-8H2,1-3H3. The second kappa shape index (κ2) is 6.64. The summed E-state index contributed by atoms with van der Waals surface area (Å²) in [4.78, 5) is 2.14. The summed E-state index contributed by atoms with van der Waals surface area (Å²) in [6.45, 7) is 5.61. The molecule has 14 heavy (non-hydrogen) atoms. The SMILES string of the molecule is CC(C)N(CCCCl)CCS(C)(=O)=O. The molecule has 0 amide bonds. The zero-order valence-corrected chi connectivity index (χ0v) is 10.7. The molecular formula is C9H20ClNO2S.